The van der Waals surface area contributed by atoms with Crippen LogP contribution in [0.25, 0.3) is 0 Å². The molecule has 0 aliphatic rings. The molecule has 33 heavy (non-hydrogen) atoms. The van der Waals surface area contributed by atoms with Gasteiger partial charge in [-0.15, -0.1) is 11.8 Å². The first-order valence-electron chi connectivity index (χ1n) is 9.95. The van der Waals surface area contributed by atoms with Crippen molar-refractivity contribution in [3.8, 4) is 5.75 Å². The van der Waals surface area contributed by atoms with E-state index in [1.54, 1.807) is 68.6 Å². The Morgan fingerprint density at radius 1 is 0.970 bits per heavy atom. The van der Waals surface area contributed by atoms with Crippen LogP contribution in [0.5, 0.6) is 5.75 Å². The van der Waals surface area contributed by atoms with E-state index in [9.17, 15) is 18.0 Å². The average molecular weight is 485 g/mol. The molecule has 3 aromatic rings. The van der Waals surface area contributed by atoms with Crippen LogP contribution in [0, 0.1) is 6.92 Å². The lowest BCUT2D eigenvalue weighted by molar-refractivity contribution is -0.113. The second kappa shape index (κ2) is 10.5. The van der Waals surface area contributed by atoms with Crippen LogP contribution in [0.4, 0.5) is 11.4 Å². The highest BCUT2D eigenvalue weighted by Gasteiger charge is 2.16. The zero-order valence-electron chi connectivity index (χ0n) is 18.4. The lowest BCUT2D eigenvalue weighted by Crippen LogP contribution is -2.16. The van der Waals surface area contributed by atoms with Crippen LogP contribution in [0.3, 0.4) is 0 Å². The summed E-state index contributed by atoms with van der Waals surface area (Å²) in [5.74, 6) is 0.127. The van der Waals surface area contributed by atoms with Crippen molar-refractivity contribution in [2.24, 2.45) is 0 Å². The maximum Gasteiger partial charge on any atom is 0.256 e. The second-order valence-corrected chi connectivity index (χ2v) is 10.3. The molecule has 2 amide bonds. The Morgan fingerprint density at radius 3 is 2.45 bits per heavy atom. The number of thioether (sulfide) groups is 1. The zero-order chi connectivity index (χ0) is 24.0. The van der Waals surface area contributed by atoms with E-state index in [0.717, 1.165) is 11.8 Å². The lowest BCUT2D eigenvalue weighted by Gasteiger charge is -2.13. The summed E-state index contributed by atoms with van der Waals surface area (Å²) in [6.45, 7) is 1.78. The molecule has 0 aliphatic carbocycles. The number of ether oxygens (including phenoxy) is 1. The third-order valence-corrected chi connectivity index (χ3v) is 6.91. The predicted molar refractivity (Wildman–Crippen MR) is 131 cm³/mol. The van der Waals surface area contributed by atoms with Crippen LogP contribution in [0.15, 0.2) is 76.5 Å². The number of sulfone groups is 1. The van der Waals surface area contributed by atoms with Gasteiger partial charge in [0.2, 0.25) is 5.91 Å². The molecule has 0 bridgehead atoms. The molecule has 0 saturated heterocycles. The molecule has 0 atom stereocenters. The molecule has 0 aromatic heterocycles. The molecule has 2 N–H and O–H groups in total. The molecule has 0 radical (unpaired) electrons. The summed E-state index contributed by atoms with van der Waals surface area (Å²) in [7, 11) is -1.85. The number of methoxy groups -OCH3 is 1. The van der Waals surface area contributed by atoms with Gasteiger partial charge in [-0.2, -0.15) is 0 Å². The summed E-state index contributed by atoms with van der Waals surface area (Å²) in [4.78, 5) is 26.1. The molecule has 0 spiro atoms. The first kappa shape index (κ1) is 24.3. The number of hydrogen-bond donors (Lipinski definition) is 2. The average Bonchev–Trinajstić information content (AvgIpc) is 2.78. The maximum absolute atomic E-state index is 13.0. The summed E-state index contributed by atoms with van der Waals surface area (Å²) < 4.78 is 28.9. The number of amides is 2. The van der Waals surface area contributed by atoms with E-state index in [1.165, 1.54) is 23.9 Å². The monoisotopic (exact) mass is 484 g/mol. The normalized spacial score (nSPS) is 11.0. The number of nitrogens with one attached hydrogen (secondary N) is 2. The van der Waals surface area contributed by atoms with Crippen molar-refractivity contribution < 1.29 is 22.7 Å². The van der Waals surface area contributed by atoms with E-state index in [2.05, 4.69) is 10.6 Å². The molecule has 3 aromatic carbocycles. The predicted octanol–water partition coefficient (Wildman–Crippen LogP) is 4.39. The van der Waals surface area contributed by atoms with Gasteiger partial charge < -0.3 is 15.4 Å². The minimum absolute atomic E-state index is 0.101. The summed E-state index contributed by atoms with van der Waals surface area (Å²) in [5, 5.41) is 5.59. The largest absolute Gasteiger partial charge is 0.497 e. The van der Waals surface area contributed by atoms with Crippen molar-refractivity contribution in [3.05, 3.63) is 77.9 Å². The number of rotatable bonds is 8. The van der Waals surface area contributed by atoms with Crippen molar-refractivity contribution in [1.29, 1.82) is 0 Å². The fraction of sp³-hybridized carbons (Fsp3) is 0.167. The molecule has 0 saturated carbocycles. The van der Waals surface area contributed by atoms with Gasteiger partial charge in [0.05, 0.1) is 23.3 Å². The Hall–Kier alpha value is -3.30. The number of anilines is 2. The highest BCUT2D eigenvalue weighted by atomic mass is 32.2. The van der Waals surface area contributed by atoms with E-state index in [-0.39, 0.29) is 22.5 Å². The minimum Gasteiger partial charge on any atom is -0.497 e. The SMILES string of the molecule is COc1cccc(NC(=O)CSc2ccccc2C(=O)Nc2cc(S(C)(=O)=O)ccc2C)c1. The number of hydrogen-bond acceptors (Lipinski definition) is 6. The fourth-order valence-corrected chi connectivity index (χ4v) is 4.47. The summed E-state index contributed by atoms with van der Waals surface area (Å²) in [6.07, 6.45) is 1.12. The van der Waals surface area contributed by atoms with E-state index < -0.39 is 9.84 Å². The number of carbonyl (C=O) groups is 2. The Balaban J connectivity index is 1.71. The van der Waals surface area contributed by atoms with Crippen molar-refractivity contribution in [1.82, 2.24) is 0 Å². The minimum atomic E-state index is -3.41. The second-order valence-electron chi connectivity index (χ2n) is 7.27. The Morgan fingerprint density at radius 2 is 1.73 bits per heavy atom. The van der Waals surface area contributed by atoms with Gasteiger partial charge in [-0.1, -0.05) is 24.3 Å². The first-order valence-corrected chi connectivity index (χ1v) is 12.8. The molecular weight excluding hydrogens is 460 g/mol. The van der Waals surface area contributed by atoms with Crippen molar-refractivity contribution in [3.63, 3.8) is 0 Å². The summed E-state index contributed by atoms with van der Waals surface area (Å²) >= 11 is 1.23. The first-order chi connectivity index (χ1) is 15.7. The number of carbonyl (C=O) groups excluding carboxylic acids is 2. The van der Waals surface area contributed by atoms with Gasteiger partial charge in [0, 0.05) is 28.6 Å². The molecule has 172 valence electrons. The van der Waals surface area contributed by atoms with Crippen molar-refractivity contribution in [2.75, 3.05) is 29.8 Å². The van der Waals surface area contributed by atoms with Gasteiger partial charge in [-0.05, 0) is 48.9 Å². The Kier molecular flexibility index (Phi) is 7.78. The Labute approximate surface area is 197 Å². The molecular formula is C24H24N2O5S2. The maximum atomic E-state index is 13.0. The third kappa shape index (κ3) is 6.59. The molecule has 3 rings (SSSR count). The number of aryl methyl sites for hydroxylation is 1. The molecule has 0 aliphatic heterocycles. The van der Waals surface area contributed by atoms with Gasteiger partial charge in [0.15, 0.2) is 9.84 Å². The van der Waals surface area contributed by atoms with Crippen LogP contribution in [-0.2, 0) is 14.6 Å². The summed E-state index contributed by atoms with van der Waals surface area (Å²) in [6, 6.07) is 18.6. The molecule has 0 unspecified atom stereocenters. The zero-order valence-corrected chi connectivity index (χ0v) is 20.0. The highest BCUT2D eigenvalue weighted by molar-refractivity contribution is 8.00. The molecule has 9 heteroatoms. The quantitative estimate of drug-likeness (QED) is 0.460. The highest BCUT2D eigenvalue weighted by Crippen LogP contribution is 2.26. The van der Waals surface area contributed by atoms with Crippen molar-refractivity contribution in [2.45, 2.75) is 16.7 Å². The third-order valence-electron chi connectivity index (χ3n) is 4.73. The van der Waals surface area contributed by atoms with Gasteiger partial charge in [0.25, 0.3) is 5.91 Å². The van der Waals surface area contributed by atoms with Gasteiger partial charge in [0.1, 0.15) is 5.75 Å². The van der Waals surface area contributed by atoms with Crippen molar-refractivity contribution >= 4 is 44.8 Å². The molecule has 0 fully saturated rings. The van der Waals surface area contributed by atoms with Crippen LogP contribution >= 0.6 is 11.8 Å². The van der Waals surface area contributed by atoms with E-state index >= 15 is 0 Å². The molecule has 7 nitrogen and oxygen atoms in total. The van der Waals surface area contributed by atoms with Crippen LogP contribution in [-0.4, -0.2) is 39.4 Å². The van der Waals surface area contributed by atoms with Gasteiger partial charge in [-0.25, -0.2) is 8.42 Å². The number of benzene rings is 3. The van der Waals surface area contributed by atoms with E-state index in [1.807, 2.05) is 0 Å². The van der Waals surface area contributed by atoms with Gasteiger partial charge in [-0.3, -0.25) is 9.59 Å². The van der Waals surface area contributed by atoms with E-state index in [4.69, 9.17) is 4.74 Å². The summed E-state index contributed by atoms with van der Waals surface area (Å²) in [5.41, 5.74) is 2.16. The van der Waals surface area contributed by atoms with E-state index in [0.29, 0.717) is 27.6 Å². The topological polar surface area (TPSA) is 102 Å². The fourth-order valence-electron chi connectivity index (χ4n) is 2.98. The van der Waals surface area contributed by atoms with Crippen LogP contribution < -0.4 is 15.4 Å². The van der Waals surface area contributed by atoms with Crippen LogP contribution in [0.2, 0.25) is 0 Å². The Bertz CT molecular complexity index is 1290. The van der Waals surface area contributed by atoms with Crippen LogP contribution in [0.1, 0.15) is 15.9 Å². The molecule has 0 heterocycles. The standard InChI is InChI=1S/C24H24N2O5S2/c1-16-11-12-19(33(3,29)30)14-21(16)26-24(28)20-9-4-5-10-22(20)32-15-23(27)25-17-7-6-8-18(13-17)31-2/h4-14H,15H2,1-3H3,(H,25,27)(H,26,28). The lowest BCUT2D eigenvalue weighted by atomic mass is 10.1. The smallest absolute Gasteiger partial charge is 0.256 e. The van der Waals surface area contributed by atoms with Gasteiger partial charge >= 0.3 is 0 Å².